The van der Waals surface area contributed by atoms with Crippen molar-refractivity contribution in [2.75, 3.05) is 13.7 Å². The lowest BCUT2D eigenvalue weighted by Crippen LogP contribution is -2.20. The normalized spacial score (nSPS) is 12.6. The summed E-state index contributed by atoms with van der Waals surface area (Å²) in [7, 11) is 1.45. The van der Waals surface area contributed by atoms with Gasteiger partial charge in [-0.2, -0.15) is 0 Å². The molecule has 0 aliphatic carbocycles. The predicted molar refractivity (Wildman–Crippen MR) is 55.7 cm³/mol. The molecule has 0 aliphatic rings. The van der Waals surface area contributed by atoms with Crippen LogP contribution in [0.15, 0.2) is 12.1 Å². The van der Waals surface area contributed by atoms with Crippen molar-refractivity contribution in [1.29, 1.82) is 0 Å². The van der Waals surface area contributed by atoms with Gasteiger partial charge in [-0.3, -0.25) is 0 Å². The number of rotatable bonds is 3. The van der Waals surface area contributed by atoms with Crippen molar-refractivity contribution in [2.24, 2.45) is 11.5 Å². The largest absolute Gasteiger partial charge is 0.503 e. The summed E-state index contributed by atoms with van der Waals surface area (Å²) in [6, 6.07) is 2.90. The van der Waals surface area contributed by atoms with Gasteiger partial charge in [0.15, 0.2) is 11.5 Å². The molecule has 5 N–H and O–H groups in total. The van der Waals surface area contributed by atoms with E-state index in [0.29, 0.717) is 12.3 Å². The van der Waals surface area contributed by atoms with E-state index in [1.807, 2.05) is 0 Å². The quantitative estimate of drug-likeness (QED) is 0.705. The lowest BCUT2D eigenvalue weighted by atomic mass is 10.1. The molecule has 0 fully saturated rings. The first kappa shape index (κ1) is 11.1. The monoisotopic (exact) mass is 216 g/mol. The van der Waals surface area contributed by atoms with Crippen molar-refractivity contribution >= 4 is 11.6 Å². The summed E-state index contributed by atoms with van der Waals surface area (Å²) < 4.78 is 4.93. The minimum Gasteiger partial charge on any atom is -0.503 e. The minimum atomic E-state index is -0.304. The SMILES string of the molecule is COc1cc([C@H](N)CN)cc(Cl)c1O. The number of nitrogens with two attached hydrogens (primary N) is 2. The number of methoxy groups -OCH3 is 1. The van der Waals surface area contributed by atoms with E-state index in [4.69, 9.17) is 27.8 Å². The first-order chi connectivity index (χ1) is 6.60. The summed E-state index contributed by atoms with van der Waals surface area (Å²) in [5.41, 5.74) is 11.9. The van der Waals surface area contributed by atoms with Gasteiger partial charge in [-0.25, -0.2) is 0 Å². The maximum Gasteiger partial charge on any atom is 0.176 e. The van der Waals surface area contributed by atoms with Gasteiger partial charge in [0.25, 0.3) is 0 Å². The average Bonchev–Trinajstić information content (AvgIpc) is 2.20. The van der Waals surface area contributed by atoms with Gasteiger partial charge in [0.1, 0.15) is 0 Å². The zero-order chi connectivity index (χ0) is 10.7. The van der Waals surface area contributed by atoms with Crippen LogP contribution in [0.5, 0.6) is 11.5 Å². The highest BCUT2D eigenvalue weighted by molar-refractivity contribution is 6.32. The summed E-state index contributed by atoms with van der Waals surface area (Å²) in [6.07, 6.45) is 0. The van der Waals surface area contributed by atoms with Crippen LogP contribution in [0.3, 0.4) is 0 Å². The molecule has 0 heterocycles. The molecule has 4 nitrogen and oxygen atoms in total. The highest BCUT2D eigenvalue weighted by Gasteiger charge is 2.12. The third kappa shape index (κ3) is 2.09. The van der Waals surface area contributed by atoms with E-state index in [1.54, 1.807) is 12.1 Å². The number of benzene rings is 1. The van der Waals surface area contributed by atoms with Gasteiger partial charge in [-0.15, -0.1) is 0 Å². The number of phenols is 1. The summed E-state index contributed by atoms with van der Waals surface area (Å²) in [4.78, 5) is 0. The average molecular weight is 217 g/mol. The van der Waals surface area contributed by atoms with E-state index in [1.165, 1.54) is 7.11 Å². The number of phenolic OH excluding ortho intramolecular Hbond substituents is 1. The van der Waals surface area contributed by atoms with Crippen LogP contribution < -0.4 is 16.2 Å². The zero-order valence-corrected chi connectivity index (χ0v) is 8.58. The van der Waals surface area contributed by atoms with Gasteiger partial charge in [-0.05, 0) is 17.7 Å². The van der Waals surface area contributed by atoms with E-state index in [-0.39, 0.29) is 16.8 Å². The Morgan fingerprint density at radius 1 is 1.57 bits per heavy atom. The number of halogens is 1. The van der Waals surface area contributed by atoms with Gasteiger partial charge in [-0.1, -0.05) is 11.6 Å². The first-order valence-corrected chi connectivity index (χ1v) is 4.50. The molecule has 5 heteroatoms. The van der Waals surface area contributed by atoms with E-state index in [2.05, 4.69) is 0 Å². The van der Waals surface area contributed by atoms with Gasteiger partial charge in [0, 0.05) is 12.6 Å². The molecule has 0 aromatic heterocycles. The Bertz CT molecular complexity index is 331. The summed E-state index contributed by atoms with van der Waals surface area (Å²) in [5.74, 6) is 0.221. The molecule has 0 radical (unpaired) electrons. The lowest BCUT2D eigenvalue weighted by molar-refractivity contribution is 0.372. The Hall–Kier alpha value is -0.970. The Kier molecular flexibility index (Phi) is 3.57. The molecule has 0 bridgehead atoms. The predicted octanol–water partition coefficient (Wildman–Crippen LogP) is 1.01. The van der Waals surface area contributed by atoms with Gasteiger partial charge in [0.05, 0.1) is 12.1 Å². The fourth-order valence-electron chi connectivity index (χ4n) is 1.10. The van der Waals surface area contributed by atoms with Crippen LogP contribution in [-0.2, 0) is 0 Å². The molecule has 78 valence electrons. The molecule has 1 aromatic rings. The second-order valence-corrected chi connectivity index (χ2v) is 3.30. The molecule has 14 heavy (non-hydrogen) atoms. The first-order valence-electron chi connectivity index (χ1n) is 4.12. The Morgan fingerprint density at radius 3 is 2.71 bits per heavy atom. The summed E-state index contributed by atoms with van der Waals surface area (Å²) in [6.45, 7) is 0.310. The van der Waals surface area contributed by atoms with Gasteiger partial charge in [0.2, 0.25) is 0 Å². The molecular formula is C9H13ClN2O2. The molecule has 1 aromatic carbocycles. The minimum absolute atomic E-state index is 0.0814. The van der Waals surface area contributed by atoms with E-state index < -0.39 is 0 Å². The van der Waals surface area contributed by atoms with Crippen molar-refractivity contribution in [3.8, 4) is 11.5 Å². The van der Waals surface area contributed by atoms with Crippen molar-refractivity contribution in [3.05, 3.63) is 22.7 Å². The second kappa shape index (κ2) is 4.50. The highest BCUT2D eigenvalue weighted by atomic mass is 35.5. The summed E-state index contributed by atoms with van der Waals surface area (Å²) in [5, 5.41) is 9.66. The van der Waals surface area contributed by atoms with Crippen molar-refractivity contribution in [1.82, 2.24) is 0 Å². The molecule has 0 saturated carbocycles. The smallest absolute Gasteiger partial charge is 0.176 e. The number of aromatic hydroxyl groups is 1. The Labute approximate surface area is 87.4 Å². The molecule has 0 aliphatic heterocycles. The third-order valence-electron chi connectivity index (χ3n) is 1.95. The van der Waals surface area contributed by atoms with Crippen molar-refractivity contribution < 1.29 is 9.84 Å². The molecule has 0 spiro atoms. The molecular weight excluding hydrogens is 204 g/mol. The fourth-order valence-corrected chi connectivity index (χ4v) is 1.32. The van der Waals surface area contributed by atoms with Crippen LogP contribution in [0.25, 0.3) is 0 Å². The van der Waals surface area contributed by atoms with Crippen LogP contribution in [-0.4, -0.2) is 18.8 Å². The van der Waals surface area contributed by atoms with E-state index >= 15 is 0 Å². The zero-order valence-electron chi connectivity index (χ0n) is 7.83. The maximum atomic E-state index is 9.45. The van der Waals surface area contributed by atoms with Crippen LogP contribution in [0.1, 0.15) is 11.6 Å². The van der Waals surface area contributed by atoms with Crippen LogP contribution >= 0.6 is 11.6 Å². The lowest BCUT2D eigenvalue weighted by Gasteiger charge is -2.12. The maximum absolute atomic E-state index is 9.45. The number of hydrogen-bond donors (Lipinski definition) is 3. The second-order valence-electron chi connectivity index (χ2n) is 2.90. The van der Waals surface area contributed by atoms with Crippen LogP contribution in [0.2, 0.25) is 5.02 Å². The highest BCUT2D eigenvalue weighted by Crippen LogP contribution is 2.36. The van der Waals surface area contributed by atoms with Crippen molar-refractivity contribution in [3.63, 3.8) is 0 Å². The standard InChI is InChI=1S/C9H13ClN2O2/c1-14-8-3-5(7(12)4-11)2-6(10)9(8)13/h2-3,7,13H,4,11-12H2,1H3/t7-/m1/s1. The Morgan fingerprint density at radius 2 is 2.21 bits per heavy atom. The van der Waals surface area contributed by atoms with Crippen molar-refractivity contribution in [2.45, 2.75) is 6.04 Å². The fraction of sp³-hybridized carbons (Fsp3) is 0.333. The van der Waals surface area contributed by atoms with Crippen LogP contribution in [0, 0.1) is 0 Å². The van der Waals surface area contributed by atoms with Crippen LogP contribution in [0.4, 0.5) is 0 Å². The number of hydrogen-bond acceptors (Lipinski definition) is 4. The van der Waals surface area contributed by atoms with E-state index in [9.17, 15) is 5.11 Å². The van der Waals surface area contributed by atoms with Gasteiger partial charge >= 0.3 is 0 Å². The van der Waals surface area contributed by atoms with Gasteiger partial charge < -0.3 is 21.3 Å². The third-order valence-corrected chi connectivity index (χ3v) is 2.24. The molecule has 0 unspecified atom stereocenters. The van der Waals surface area contributed by atoms with E-state index in [0.717, 1.165) is 5.56 Å². The molecule has 0 saturated heterocycles. The number of ether oxygens (including phenoxy) is 1. The summed E-state index contributed by atoms with van der Waals surface area (Å²) >= 11 is 5.77. The molecule has 1 rings (SSSR count). The Balaban J connectivity index is 3.16. The topological polar surface area (TPSA) is 81.5 Å². The molecule has 1 atom stereocenters. The molecule has 0 amide bonds.